The van der Waals surface area contributed by atoms with Gasteiger partial charge in [-0.1, -0.05) is 11.8 Å². The van der Waals surface area contributed by atoms with Crippen LogP contribution in [0, 0.1) is 0 Å². The molecule has 2 aliphatic heterocycles. The third kappa shape index (κ3) is 4.44. The summed E-state index contributed by atoms with van der Waals surface area (Å²) in [5.74, 6) is -3.18. The third-order valence-electron chi connectivity index (χ3n) is 4.72. The van der Waals surface area contributed by atoms with E-state index in [2.05, 4.69) is 0 Å². The fraction of sp³-hybridized carbons (Fsp3) is 0.500. The van der Waals surface area contributed by atoms with Crippen molar-refractivity contribution in [3.63, 3.8) is 0 Å². The summed E-state index contributed by atoms with van der Waals surface area (Å²) in [4.78, 5) is 42.0. The molecule has 10 heteroatoms. The monoisotopic (exact) mass is 413 g/mol. The van der Waals surface area contributed by atoms with Gasteiger partial charge in [-0.3, -0.25) is 14.5 Å². The maximum atomic E-state index is 12.8. The van der Waals surface area contributed by atoms with Gasteiger partial charge in [0, 0.05) is 31.1 Å². The van der Waals surface area contributed by atoms with Gasteiger partial charge in [-0.25, -0.2) is 9.69 Å². The molecule has 1 atom stereocenters. The second kappa shape index (κ2) is 8.87. The number of hydrogen-bond donors (Lipinski definition) is 0. The van der Waals surface area contributed by atoms with Crippen LogP contribution >= 0.6 is 11.8 Å². The van der Waals surface area contributed by atoms with Gasteiger partial charge in [0.2, 0.25) is 5.91 Å². The van der Waals surface area contributed by atoms with Crippen LogP contribution in [0.4, 0.5) is 19.3 Å². The number of rotatable bonds is 5. The molecule has 0 saturated carbocycles. The first-order valence-electron chi connectivity index (χ1n) is 8.98. The Morgan fingerprint density at radius 1 is 1.18 bits per heavy atom. The molecule has 1 aromatic carbocycles. The number of hydrogen-bond acceptors (Lipinski definition) is 6. The van der Waals surface area contributed by atoms with Crippen LogP contribution in [0.2, 0.25) is 0 Å². The maximum Gasteiger partial charge on any atom is 0.409 e. The molecule has 0 unspecified atom stereocenters. The molecule has 152 valence electrons. The molecule has 0 N–H and O–H groups in total. The highest BCUT2D eigenvalue weighted by molar-refractivity contribution is 7.99. The second-order valence-corrected chi connectivity index (χ2v) is 7.45. The molecule has 28 heavy (non-hydrogen) atoms. The normalized spacial score (nSPS) is 20.9. The summed E-state index contributed by atoms with van der Waals surface area (Å²) in [7, 11) is 0. The lowest BCUT2D eigenvalue weighted by atomic mass is 10.2. The lowest BCUT2D eigenvalue weighted by Crippen LogP contribution is -2.54. The van der Waals surface area contributed by atoms with Gasteiger partial charge in [-0.2, -0.15) is 8.78 Å². The summed E-state index contributed by atoms with van der Waals surface area (Å²) in [6.07, 6.45) is -0.314. The predicted octanol–water partition coefficient (Wildman–Crippen LogP) is 2.41. The number of thioether (sulfide) groups is 1. The van der Waals surface area contributed by atoms with E-state index in [1.165, 1.54) is 24.3 Å². The first-order valence-corrected chi connectivity index (χ1v) is 9.86. The average molecular weight is 413 g/mol. The molecule has 3 rings (SSSR count). The number of imide groups is 1. The van der Waals surface area contributed by atoms with Crippen molar-refractivity contribution >= 4 is 35.4 Å². The summed E-state index contributed by atoms with van der Waals surface area (Å²) < 4.78 is 29.8. The second-order valence-electron chi connectivity index (χ2n) is 6.38. The van der Waals surface area contributed by atoms with Crippen molar-refractivity contribution in [2.45, 2.75) is 30.0 Å². The Morgan fingerprint density at radius 3 is 2.39 bits per heavy atom. The van der Waals surface area contributed by atoms with E-state index in [1.54, 1.807) is 11.8 Å². The van der Waals surface area contributed by atoms with Crippen LogP contribution in [0.1, 0.15) is 13.3 Å². The zero-order valence-corrected chi connectivity index (χ0v) is 16.2. The van der Waals surface area contributed by atoms with Crippen molar-refractivity contribution in [1.29, 1.82) is 0 Å². The van der Waals surface area contributed by atoms with E-state index < -0.39 is 11.8 Å². The minimum Gasteiger partial charge on any atom is -0.450 e. The Balaban J connectivity index is 1.63. The van der Waals surface area contributed by atoms with E-state index in [0.29, 0.717) is 55.1 Å². The van der Waals surface area contributed by atoms with Crippen LogP contribution in [0.3, 0.4) is 0 Å². The van der Waals surface area contributed by atoms with Gasteiger partial charge in [0.25, 0.3) is 11.7 Å². The molecule has 0 aromatic heterocycles. The SMILES string of the molecule is CCOC(=O)N1CCN([C@@H]2CC(=O)N(c3ccc(SC(F)F)cc3)C2=O)CC1. The van der Waals surface area contributed by atoms with Crippen LogP contribution in [0.25, 0.3) is 0 Å². The van der Waals surface area contributed by atoms with Crippen molar-refractivity contribution in [3.05, 3.63) is 24.3 Å². The number of ether oxygens (including phenoxy) is 1. The van der Waals surface area contributed by atoms with Gasteiger partial charge in [-0.15, -0.1) is 0 Å². The first-order chi connectivity index (χ1) is 13.4. The summed E-state index contributed by atoms with van der Waals surface area (Å²) in [6.45, 7) is 3.84. The molecule has 2 saturated heterocycles. The quantitative estimate of drug-likeness (QED) is 0.546. The minimum atomic E-state index is -2.53. The van der Waals surface area contributed by atoms with Gasteiger partial charge in [0.05, 0.1) is 24.8 Å². The van der Waals surface area contributed by atoms with Crippen molar-refractivity contribution in [2.75, 3.05) is 37.7 Å². The van der Waals surface area contributed by atoms with Gasteiger partial charge in [0.15, 0.2) is 0 Å². The Bertz CT molecular complexity index is 739. The summed E-state index contributed by atoms with van der Waals surface area (Å²) >= 11 is 0.408. The van der Waals surface area contributed by atoms with Gasteiger partial charge in [0.1, 0.15) is 0 Å². The number of nitrogens with zero attached hydrogens (tertiary/aromatic N) is 3. The van der Waals surface area contributed by atoms with Crippen molar-refractivity contribution in [2.24, 2.45) is 0 Å². The number of carbonyl (C=O) groups is 3. The third-order valence-corrected chi connectivity index (χ3v) is 5.45. The Morgan fingerprint density at radius 2 is 1.82 bits per heavy atom. The summed E-state index contributed by atoms with van der Waals surface area (Å²) in [5.41, 5.74) is 0.376. The molecule has 3 amide bonds. The van der Waals surface area contributed by atoms with E-state index in [9.17, 15) is 23.2 Å². The number of amides is 3. The molecule has 0 aliphatic carbocycles. The molecule has 0 bridgehead atoms. The van der Waals surface area contributed by atoms with Crippen molar-refractivity contribution in [1.82, 2.24) is 9.80 Å². The molecule has 0 radical (unpaired) electrons. The Kier molecular flexibility index (Phi) is 6.50. The van der Waals surface area contributed by atoms with Crippen molar-refractivity contribution in [3.8, 4) is 0 Å². The van der Waals surface area contributed by atoms with Crippen LogP contribution in [0.5, 0.6) is 0 Å². The first kappa shape index (κ1) is 20.5. The van der Waals surface area contributed by atoms with E-state index in [-0.39, 0.29) is 24.3 Å². The summed E-state index contributed by atoms with van der Waals surface area (Å²) in [6, 6.07) is 5.37. The maximum absolute atomic E-state index is 12.8. The van der Waals surface area contributed by atoms with Crippen molar-refractivity contribution < 1.29 is 27.9 Å². The van der Waals surface area contributed by atoms with E-state index in [0.717, 1.165) is 4.90 Å². The average Bonchev–Trinajstić information content (AvgIpc) is 2.97. The zero-order valence-electron chi connectivity index (χ0n) is 15.3. The number of halogens is 2. The summed E-state index contributed by atoms with van der Waals surface area (Å²) in [5, 5.41) is 0. The Labute approximate surface area is 165 Å². The number of alkyl halides is 2. The predicted molar refractivity (Wildman–Crippen MR) is 99.4 cm³/mol. The lowest BCUT2D eigenvalue weighted by Gasteiger charge is -2.36. The van der Waals surface area contributed by atoms with Gasteiger partial charge in [-0.05, 0) is 31.2 Å². The lowest BCUT2D eigenvalue weighted by molar-refractivity contribution is -0.123. The van der Waals surface area contributed by atoms with Crippen LogP contribution in [-0.2, 0) is 14.3 Å². The topological polar surface area (TPSA) is 70.2 Å². The zero-order chi connectivity index (χ0) is 20.3. The molecule has 0 spiro atoms. The van der Waals surface area contributed by atoms with Gasteiger partial charge < -0.3 is 9.64 Å². The molecule has 2 aliphatic rings. The molecule has 2 fully saturated rings. The largest absolute Gasteiger partial charge is 0.450 e. The number of piperazine rings is 1. The number of carbonyl (C=O) groups excluding carboxylic acids is 3. The van der Waals surface area contributed by atoms with Crippen LogP contribution < -0.4 is 4.90 Å². The highest BCUT2D eigenvalue weighted by atomic mass is 32.2. The smallest absolute Gasteiger partial charge is 0.409 e. The fourth-order valence-electron chi connectivity index (χ4n) is 3.38. The van der Waals surface area contributed by atoms with Crippen LogP contribution in [-0.4, -0.2) is 72.3 Å². The number of benzene rings is 1. The molecule has 7 nitrogen and oxygen atoms in total. The van der Waals surface area contributed by atoms with E-state index in [1.807, 2.05) is 4.90 Å². The highest BCUT2D eigenvalue weighted by Gasteiger charge is 2.43. The number of anilines is 1. The van der Waals surface area contributed by atoms with Crippen LogP contribution in [0.15, 0.2) is 29.2 Å². The van der Waals surface area contributed by atoms with Gasteiger partial charge >= 0.3 is 6.09 Å². The molecule has 1 aromatic rings. The van der Waals surface area contributed by atoms with E-state index in [4.69, 9.17) is 4.74 Å². The molecule has 2 heterocycles. The van der Waals surface area contributed by atoms with E-state index >= 15 is 0 Å². The standard InChI is InChI=1S/C18H21F2N3O4S/c1-2-27-18(26)22-9-7-21(8-10-22)14-11-15(24)23(16(14)25)12-3-5-13(6-4-12)28-17(19)20/h3-6,14,17H,2,7-11H2,1H3/t14-/m1/s1. The Hall–Kier alpha value is -2.20. The fourth-order valence-corrected chi connectivity index (χ4v) is 3.88. The highest BCUT2D eigenvalue weighted by Crippen LogP contribution is 2.30. The minimum absolute atomic E-state index is 0.0613. The molecular formula is C18H21F2N3O4S. The molecular weight excluding hydrogens is 392 g/mol.